The minimum Gasteiger partial charge on any atom is -0.339 e. The summed E-state index contributed by atoms with van der Waals surface area (Å²) in [6, 6.07) is 5.46. The number of anilines is 1. The van der Waals surface area contributed by atoms with Crippen LogP contribution in [0.1, 0.15) is 28.8 Å². The van der Waals surface area contributed by atoms with Crippen molar-refractivity contribution in [1.82, 2.24) is 10.2 Å². The Morgan fingerprint density at radius 2 is 1.95 bits per heavy atom. The van der Waals surface area contributed by atoms with E-state index in [0.29, 0.717) is 11.3 Å². The van der Waals surface area contributed by atoms with Crippen molar-refractivity contribution >= 4 is 17.5 Å². The fraction of sp³-hybridized carbons (Fsp3) is 0.467. The number of amides is 2. The molecule has 2 rings (SSSR count). The van der Waals surface area contributed by atoms with E-state index < -0.39 is 0 Å². The molecule has 5 nitrogen and oxygen atoms in total. The van der Waals surface area contributed by atoms with Crippen molar-refractivity contribution in [3.63, 3.8) is 0 Å². The molecule has 0 radical (unpaired) electrons. The van der Waals surface area contributed by atoms with Gasteiger partial charge in [0.15, 0.2) is 0 Å². The zero-order valence-electron chi connectivity index (χ0n) is 12.0. The molecule has 0 spiro atoms. The lowest BCUT2D eigenvalue weighted by atomic mass is 10.1. The zero-order valence-corrected chi connectivity index (χ0v) is 12.0. The fourth-order valence-corrected chi connectivity index (χ4v) is 2.45. The first-order valence-corrected chi connectivity index (χ1v) is 6.97. The number of carbonyl (C=O) groups excluding carboxylic acids is 2. The summed E-state index contributed by atoms with van der Waals surface area (Å²) in [7, 11) is 1.72. The summed E-state index contributed by atoms with van der Waals surface area (Å²) >= 11 is 0. The predicted octanol–water partition coefficient (Wildman–Crippen LogP) is 1.39. The standard InChI is InChI=1S/C15H21N3O2/c1-11-12(15(20)18-8-3-4-9-18)6-5-7-13(11)17-14(19)10-16-2/h5-7,16H,3-4,8-10H2,1-2H3,(H,17,19). The average Bonchev–Trinajstić information content (AvgIpc) is 2.95. The van der Waals surface area contributed by atoms with Crippen LogP contribution in [0.2, 0.25) is 0 Å². The van der Waals surface area contributed by atoms with Crippen LogP contribution in [0, 0.1) is 6.92 Å². The summed E-state index contributed by atoms with van der Waals surface area (Å²) in [5.41, 5.74) is 2.21. The van der Waals surface area contributed by atoms with Crippen LogP contribution in [-0.2, 0) is 4.79 Å². The van der Waals surface area contributed by atoms with Crippen LogP contribution in [0.4, 0.5) is 5.69 Å². The van der Waals surface area contributed by atoms with E-state index in [2.05, 4.69) is 10.6 Å². The Labute approximate surface area is 119 Å². The van der Waals surface area contributed by atoms with Crippen LogP contribution < -0.4 is 10.6 Å². The molecule has 0 atom stereocenters. The molecule has 2 amide bonds. The number of nitrogens with one attached hydrogen (secondary N) is 2. The molecule has 0 bridgehead atoms. The maximum atomic E-state index is 12.4. The fourth-order valence-electron chi connectivity index (χ4n) is 2.45. The minimum absolute atomic E-state index is 0.0599. The van der Waals surface area contributed by atoms with Gasteiger partial charge in [-0.2, -0.15) is 0 Å². The third-order valence-electron chi connectivity index (χ3n) is 3.57. The molecular formula is C15H21N3O2. The molecule has 0 aliphatic carbocycles. The molecule has 1 aromatic carbocycles. The van der Waals surface area contributed by atoms with Gasteiger partial charge in [0.2, 0.25) is 5.91 Å². The number of hydrogen-bond acceptors (Lipinski definition) is 3. The molecule has 0 aromatic heterocycles. The Morgan fingerprint density at radius 1 is 1.25 bits per heavy atom. The van der Waals surface area contributed by atoms with Gasteiger partial charge in [-0.1, -0.05) is 6.07 Å². The third-order valence-corrected chi connectivity index (χ3v) is 3.57. The number of hydrogen-bond donors (Lipinski definition) is 2. The van der Waals surface area contributed by atoms with Crippen molar-refractivity contribution in [1.29, 1.82) is 0 Å². The highest BCUT2D eigenvalue weighted by Crippen LogP contribution is 2.22. The molecule has 1 saturated heterocycles. The molecule has 1 aliphatic rings. The molecule has 0 unspecified atom stereocenters. The van der Waals surface area contributed by atoms with Gasteiger partial charge in [0.05, 0.1) is 6.54 Å². The monoisotopic (exact) mass is 275 g/mol. The van der Waals surface area contributed by atoms with E-state index in [1.165, 1.54) is 0 Å². The highest BCUT2D eigenvalue weighted by atomic mass is 16.2. The molecule has 108 valence electrons. The van der Waals surface area contributed by atoms with E-state index in [1.807, 2.05) is 30.0 Å². The molecule has 0 saturated carbocycles. The highest BCUT2D eigenvalue weighted by molar-refractivity contribution is 5.99. The number of carbonyl (C=O) groups is 2. The topological polar surface area (TPSA) is 61.4 Å². The number of rotatable bonds is 4. The molecule has 5 heteroatoms. The molecule has 1 heterocycles. The Kier molecular flexibility index (Phi) is 4.74. The lowest BCUT2D eigenvalue weighted by Gasteiger charge is -2.18. The molecule has 20 heavy (non-hydrogen) atoms. The number of likely N-dealkylation sites (N-methyl/N-ethyl adjacent to an activating group) is 1. The normalized spacial score (nSPS) is 14.4. The second-order valence-electron chi connectivity index (χ2n) is 5.06. The average molecular weight is 275 g/mol. The molecule has 1 aromatic rings. The molecular weight excluding hydrogens is 254 g/mol. The second-order valence-corrected chi connectivity index (χ2v) is 5.06. The Balaban J connectivity index is 2.18. The van der Waals surface area contributed by atoms with Crippen LogP contribution in [0.25, 0.3) is 0 Å². The van der Waals surface area contributed by atoms with Crippen LogP contribution in [0.3, 0.4) is 0 Å². The molecule has 2 N–H and O–H groups in total. The first-order chi connectivity index (χ1) is 9.63. The van der Waals surface area contributed by atoms with Gasteiger partial charge < -0.3 is 15.5 Å². The minimum atomic E-state index is -0.110. The second kappa shape index (κ2) is 6.52. The van der Waals surface area contributed by atoms with E-state index in [4.69, 9.17) is 0 Å². The summed E-state index contributed by atoms with van der Waals surface area (Å²) in [5.74, 6) is -0.0499. The van der Waals surface area contributed by atoms with Gasteiger partial charge in [-0.15, -0.1) is 0 Å². The summed E-state index contributed by atoms with van der Waals surface area (Å²) in [5, 5.41) is 5.63. The van der Waals surface area contributed by atoms with Gasteiger partial charge in [-0.25, -0.2) is 0 Å². The summed E-state index contributed by atoms with van der Waals surface area (Å²) in [4.78, 5) is 25.9. The summed E-state index contributed by atoms with van der Waals surface area (Å²) in [6.45, 7) is 3.78. The van der Waals surface area contributed by atoms with E-state index in [0.717, 1.165) is 31.5 Å². The smallest absolute Gasteiger partial charge is 0.254 e. The van der Waals surface area contributed by atoms with Gasteiger partial charge in [0.25, 0.3) is 5.91 Å². The maximum absolute atomic E-state index is 12.4. The first kappa shape index (κ1) is 14.5. The van der Waals surface area contributed by atoms with Crippen molar-refractivity contribution in [3.8, 4) is 0 Å². The number of likely N-dealkylation sites (tertiary alicyclic amines) is 1. The Bertz CT molecular complexity index is 508. The maximum Gasteiger partial charge on any atom is 0.254 e. The SMILES string of the molecule is CNCC(=O)Nc1cccc(C(=O)N2CCCC2)c1C. The van der Waals surface area contributed by atoms with Crippen molar-refractivity contribution < 1.29 is 9.59 Å². The number of benzene rings is 1. The van der Waals surface area contributed by atoms with Crippen LogP contribution in [-0.4, -0.2) is 43.4 Å². The Hall–Kier alpha value is -1.88. The van der Waals surface area contributed by atoms with Gasteiger partial charge in [0.1, 0.15) is 0 Å². The van der Waals surface area contributed by atoms with E-state index in [1.54, 1.807) is 7.05 Å². The van der Waals surface area contributed by atoms with Crippen molar-refractivity contribution in [3.05, 3.63) is 29.3 Å². The predicted molar refractivity (Wildman–Crippen MR) is 78.9 cm³/mol. The van der Waals surface area contributed by atoms with Crippen molar-refractivity contribution in [2.45, 2.75) is 19.8 Å². The number of nitrogens with zero attached hydrogens (tertiary/aromatic N) is 1. The summed E-state index contributed by atoms with van der Waals surface area (Å²) in [6.07, 6.45) is 2.15. The molecule has 1 fully saturated rings. The van der Waals surface area contributed by atoms with E-state index >= 15 is 0 Å². The van der Waals surface area contributed by atoms with Crippen LogP contribution in [0.5, 0.6) is 0 Å². The third kappa shape index (κ3) is 3.17. The van der Waals surface area contributed by atoms with Crippen LogP contribution >= 0.6 is 0 Å². The van der Waals surface area contributed by atoms with Gasteiger partial charge >= 0.3 is 0 Å². The molecule has 1 aliphatic heterocycles. The lowest BCUT2D eigenvalue weighted by Crippen LogP contribution is -2.29. The van der Waals surface area contributed by atoms with Gasteiger partial charge in [0, 0.05) is 24.3 Å². The quantitative estimate of drug-likeness (QED) is 0.873. The van der Waals surface area contributed by atoms with Gasteiger partial charge in [-0.05, 0) is 44.5 Å². The zero-order chi connectivity index (χ0) is 14.5. The van der Waals surface area contributed by atoms with E-state index in [9.17, 15) is 9.59 Å². The lowest BCUT2D eigenvalue weighted by molar-refractivity contribution is -0.115. The van der Waals surface area contributed by atoms with Crippen molar-refractivity contribution in [2.24, 2.45) is 0 Å². The summed E-state index contributed by atoms with van der Waals surface area (Å²) < 4.78 is 0. The first-order valence-electron chi connectivity index (χ1n) is 6.97. The van der Waals surface area contributed by atoms with Gasteiger partial charge in [-0.3, -0.25) is 9.59 Å². The van der Waals surface area contributed by atoms with Crippen molar-refractivity contribution in [2.75, 3.05) is 32.0 Å². The Morgan fingerprint density at radius 3 is 2.60 bits per heavy atom. The largest absolute Gasteiger partial charge is 0.339 e. The van der Waals surface area contributed by atoms with Crippen LogP contribution in [0.15, 0.2) is 18.2 Å². The highest BCUT2D eigenvalue weighted by Gasteiger charge is 2.21. The van der Waals surface area contributed by atoms with E-state index in [-0.39, 0.29) is 18.4 Å².